The van der Waals surface area contributed by atoms with Gasteiger partial charge in [0.05, 0.1) is 7.11 Å². The van der Waals surface area contributed by atoms with Crippen molar-refractivity contribution in [2.45, 2.75) is 6.92 Å². The zero-order valence-electron chi connectivity index (χ0n) is 11.1. The lowest BCUT2D eigenvalue weighted by molar-refractivity contribution is 0.0990. The highest BCUT2D eigenvalue weighted by atomic mass is 35.5. The number of carbonyl (C=O) groups excluding carboxylic acids is 2. The molecule has 2 rings (SSSR count). The molecule has 2 aromatic carbocycles. The summed E-state index contributed by atoms with van der Waals surface area (Å²) in [6, 6.07) is 11.4. The van der Waals surface area contributed by atoms with E-state index in [2.05, 4.69) is 0 Å². The standard InChI is InChI=1S/C16H13ClO3/c1-10(18)15-9-13(20-2)7-8-14(15)16(19)11-3-5-12(17)6-4-11/h3-9H,1-2H3. The topological polar surface area (TPSA) is 43.4 Å². The third kappa shape index (κ3) is 2.89. The van der Waals surface area contributed by atoms with E-state index < -0.39 is 0 Å². The highest BCUT2D eigenvalue weighted by molar-refractivity contribution is 6.30. The van der Waals surface area contributed by atoms with Crippen molar-refractivity contribution >= 4 is 23.2 Å². The first-order valence-corrected chi connectivity index (χ1v) is 6.40. The molecule has 0 aromatic heterocycles. The van der Waals surface area contributed by atoms with Crippen molar-refractivity contribution in [3.05, 3.63) is 64.2 Å². The van der Waals surface area contributed by atoms with E-state index in [1.165, 1.54) is 14.0 Å². The monoisotopic (exact) mass is 288 g/mol. The second kappa shape index (κ2) is 5.88. The number of carbonyl (C=O) groups is 2. The summed E-state index contributed by atoms with van der Waals surface area (Å²) in [4.78, 5) is 24.1. The molecule has 0 saturated heterocycles. The van der Waals surface area contributed by atoms with Crippen molar-refractivity contribution < 1.29 is 14.3 Å². The van der Waals surface area contributed by atoms with E-state index in [0.29, 0.717) is 27.5 Å². The summed E-state index contributed by atoms with van der Waals surface area (Å²) in [5, 5.41) is 0.558. The molecule has 20 heavy (non-hydrogen) atoms. The number of Topliss-reactive ketones (excluding diaryl/α,β-unsaturated/α-hetero) is 1. The molecule has 0 fully saturated rings. The van der Waals surface area contributed by atoms with Gasteiger partial charge in [0, 0.05) is 21.7 Å². The fourth-order valence-corrected chi connectivity index (χ4v) is 2.02. The van der Waals surface area contributed by atoms with E-state index in [1.807, 2.05) is 0 Å². The molecule has 4 heteroatoms. The molecule has 0 aliphatic carbocycles. The average molecular weight is 289 g/mol. The van der Waals surface area contributed by atoms with Gasteiger partial charge < -0.3 is 4.74 Å². The van der Waals surface area contributed by atoms with Crippen molar-refractivity contribution in [1.82, 2.24) is 0 Å². The Morgan fingerprint density at radius 1 is 1.00 bits per heavy atom. The van der Waals surface area contributed by atoms with Crippen molar-refractivity contribution in [1.29, 1.82) is 0 Å². The molecule has 0 saturated carbocycles. The smallest absolute Gasteiger partial charge is 0.193 e. The second-order valence-electron chi connectivity index (χ2n) is 4.30. The highest BCUT2D eigenvalue weighted by Gasteiger charge is 2.17. The van der Waals surface area contributed by atoms with Crippen LogP contribution in [0.4, 0.5) is 0 Å². The van der Waals surface area contributed by atoms with E-state index in [4.69, 9.17) is 16.3 Å². The molecule has 0 aliphatic heterocycles. The number of rotatable bonds is 4. The van der Waals surface area contributed by atoms with Gasteiger partial charge in [-0.2, -0.15) is 0 Å². The molecule has 0 heterocycles. The second-order valence-corrected chi connectivity index (χ2v) is 4.74. The Morgan fingerprint density at radius 2 is 1.65 bits per heavy atom. The van der Waals surface area contributed by atoms with Crippen molar-refractivity contribution in [2.75, 3.05) is 7.11 Å². The molecule has 0 radical (unpaired) electrons. The van der Waals surface area contributed by atoms with Crippen LogP contribution in [0.2, 0.25) is 5.02 Å². The van der Waals surface area contributed by atoms with Gasteiger partial charge in [0.25, 0.3) is 0 Å². The maximum atomic E-state index is 12.4. The fraction of sp³-hybridized carbons (Fsp3) is 0.125. The van der Waals surface area contributed by atoms with Crippen molar-refractivity contribution in [3.63, 3.8) is 0 Å². The number of benzene rings is 2. The van der Waals surface area contributed by atoms with Crippen LogP contribution < -0.4 is 4.74 Å². The van der Waals surface area contributed by atoms with Crippen LogP contribution in [0.1, 0.15) is 33.2 Å². The van der Waals surface area contributed by atoms with Crippen LogP contribution in [0.5, 0.6) is 5.75 Å². The quantitative estimate of drug-likeness (QED) is 0.804. The van der Waals surface area contributed by atoms with Gasteiger partial charge in [-0.15, -0.1) is 0 Å². The molecule has 2 aromatic rings. The summed E-state index contributed by atoms with van der Waals surface area (Å²) in [5.74, 6) is 0.151. The van der Waals surface area contributed by atoms with Crippen LogP contribution in [0.15, 0.2) is 42.5 Å². The van der Waals surface area contributed by atoms with E-state index in [1.54, 1.807) is 42.5 Å². The largest absolute Gasteiger partial charge is 0.497 e. The number of hydrogen-bond acceptors (Lipinski definition) is 3. The molecular formula is C16H13ClO3. The average Bonchev–Trinajstić information content (AvgIpc) is 2.46. The van der Waals surface area contributed by atoms with E-state index in [-0.39, 0.29) is 11.6 Å². The van der Waals surface area contributed by atoms with E-state index in [9.17, 15) is 9.59 Å². The number of methoxy groups -OCH3 is 1. The van der Waals surface area contributed by atoms with Crippen LogP contribution in [-0.2, 0) is 0 Å². The molecule has 0 aliphatic rings. The Bertz CT molecular complexity index is 660. The number of ether oxygens (including phenoxy) is 1. The molecule has 0 N–H and O–H groups in total. The van der Waals surface area contributed by atoms with Gasteiger partial charge >= 0.3 is 0 Å². The van der Waals surface area contributed by atoms with Gasteiger partial charge in [0.1, 0.15) is 5.75 Å². The lowest BCUT2D eigenvalue weighted by Crippen LogP contribution is -2.08. The minimum Gasteiger partial charge on any atom is -0.497 e. The summed E-state index contributed by atoms with van der Waals surface area (Å²) >= 11 is 5.80. The first kappa shape index (κ1) is 14.3. The maximum Gasteiger partial charge on any atom is 0.193 e. The van der Waals surface area contributed by atoms with E-state index >= 15 is 0 Å². The third-order valence-corrected chi connectivity index (χ3v) is 3.21. The number of halogens is 1. The SMILES string of the molecule is COc1ccc(C(=O)c2ccc(Cl)cc2)c(C(C)=O)c1. The lowest BCUT2D eigenvalue weighted by atomic mass is 9.96. The van der Waals surface area contributed by atoms with Crippen molar-refractivity contribution in [3.8, 4) is 5.75 Å². The molecule has 0 atom stereocenters. The normalized spacial score (nSPS) is 10.2. The van der Waals surface area contributed by atoms with Crippen LogP contribution in [0.25, 0.3) is 0 Å². The summed E-state index contributed by atoms with van der Waals surface area (Å²) in [7, 11) is 1.51. The van der Waals surface area contributed by atoms with Crippen LogP contribution in [0.3, 0.4) is 0 Å². The Hall–Kier alpha value is -2.13. The van der Waals surface area contributed by atoms with Crippen molar-refractivity contribution in [2.24, 2.45) is 0 Å². The molecule has 0 bridgehead atoms. The predicted octanol–water partition coefficient (Wildman–Crippen LogP) is 3.78. The first-order valence-electron chi connectivity index (χ1n) is 6.02. The number of hydrogen-bond donors (Lipinski definition) is 0. The Morgan fingerprint density at radius 3 is 2.20 bits per heavy atom. The molecule has 102 valence electrons. The summed E-state index contributed by atoms with van der Waals surface area (Å²) in [6.07, 6.45) is 0. The zero-order valence-corrected chi connectivity index (χ0v) is 11.9. The Labute approximate surface area is 122 Å². The van der Waals surface area contributed by atoms with Crippen LogP contribution in [-0.4, -0.2) is 18.7 Å². The van der Waals surface area contributed by atoms with Gasteiger partial charge in [0.15, 0.2) is 11.6 Å². The van der Waals surface area contributed by atoms with Gasteiger partial charge in [0.2, 0.25) is 0 Å². The molecule has 3 nitrogen and oxygen atoms in total. The summed E-state index contributed by atoms with van der Waals surface area (Å²) in [5.41, 5.74) is 1.20. The molecule has 0 spiro atoms. The maximum absolute atomic E-state index is 12.4. The van der Waals surface area contributed by atoms with Crippen LogP contribution >= 0.6 is 11.6 Å². The molecule has 0 amide bonds. The first-order chi connectivity index (χ1) is 9.52. The lowest BCUT2D eigenvalue weighted by Gasteiger charge is -2.08. The van der Waals surface area contributed by atoms with Gasteiger partial charge in [-0.3, -0.25) is 9.59 Å². The van der Waals surface area contributed by atoms with Gasteiger partial charge in [-0.05, 0) is 49.4 Å². The number of ketones is 2. The third-order valence-electron chi connectivity index (χ3n) is 2.96. The highest BCUT2D eigenvalue weighted by Crippen LogP contribution is 2.22. The summed E-state index contributed by atoms with van der Waals surface area (Å²) in [6.45, 7) is 1.42. The predicted molar refractivity (Wildman–Crippen MR) is 77.9 cm³/mol. The minimum absolute atomic E-state index is 0.179. The Kier molecular flexibility index (Phi) is 4.20. The van der Waals surface area contributed by atoms with E-state index in [0.717, 1.165) is 0 Å². The van der Waals surface area contributed by atoms with Crippen LogP contribution in [0, 0.1) is 0 Å². The zero-order chi connectivity index (χ0) is 14.7. The van der Waals surface area contributed by atoms with Gasteiger partial charge in [-0.25, -0.2) is 0 Å². The molecule has 0 unspecified atom stereocenters. The fourth-order valence-electron chi connectivity index (χ4n) is 1.90. The Balaban J connectivity index is 2.48. The molecular weight excluding hydrogens is 276 g/mol. The minimum atomic E-state index is -0.213. The summed E-state index contributed by atoms with van der Waals surface area (Å²) < 4.78 is 5.08. The van der Waals surface area contributed by atoms with Gasteiger partial charge in [-0.1, -0.05) is 11.6 Å².